The van der Waals surface area contributed by atoms with Crippen LogP contribution in [0.25, 0.3) is 5.82 Å². The Hall–Kier alpha value is -2.21. The summed E-state index contributed by atoms with van der Waals surface area (Å²) in [6, 6.07) is 3.72. The largest absolute Gasteiger partial charge is 0.324 e. The van der Waals surface area contributed by atoms with Gasteiger partial charge >= 0.3 is 0 Å². The van der Waals surface area contributed by atoms with Crippen molar-refractivity contribution in [2.45, 2.75) is 12.8 Å². The van der Waals surface area contributed by atoms with Gasteiger partial charge in [-0.25, -0.2) is 9.97 Å². The molecule has 1 fully saturated rings. The second-order valence-corrected chi connectivity index (χ2v) is 4.91. The third-order valence-corrected chi connectivity index (χ3v) is 3.45. The monoisotopic (exact) mass is 271 g/mol. The van der Waals surface area contributed by atoms with Gasteiger partial charge in [0.15, 0.2) is 0 Å². The molecule has 0 aromatic carbocycles. The van der Waals surface area contributed by atoms with Gasteiger partial charge in [-0.3, -0.25) is 9.36 Å². The van der Waals surface area contributed by atoms with Crippen LogP contribution in [0.1, 0.15) is 12.8 Å². The number of imidazole rings is 1. The van der Waals surface area contributed by atoms with Crippen molar-refractivity contribution in [1.29, 1.82) is 0 Å². The molecule has 1 atom stereocenters. The summed E-state index contributed by atoms with van der Waals surface area (Å²) in [4.78, 5) is 20.4. The molecule has 0 radical (unpaired) electrons. The third kappa shape index (κ3) is 2.85. The first kappa shape index (κ1) is 12.8. The highest BCUT2D eigenvalue weighted by atomic mass is 16.1. The zero-order chi connectivity index (χ0) is 13.8. The van der Waals surface area contributed by atoms with Crippen molar-refractivity contribution in [3.8, 4) is 5.82 Å². The molecule has 2 aromatic heterocycles. The lowest BCUT2D eigenvalue weighted by Crippen LogP contribution is -2.37. The zero-order valence-electron chi connectivity index (χ0n) is 11.1. The molecular weight excluding hydrogens is 254 g/mol. The molecule has 6 nitrogen and oxygen atoms in total. The molecule has 1 saturated heterocycles. The fraction of sp³-hybridized carbons (Fsp3) is 0.357. The molecule has 3 heterocycles. The maximum absolute atomic E-state index is 12.1. The van der Waals surface area contributed by atoms with E-state index in [1.54, 1.807) is 18.7 Å². The Morgan fingerprint density at radius 2 is 2.40 bits per heavy atom. The highest BCUT2D eigenvalue weighted by molar-refractivity contribution is 5.92. The van der Waals surface area contributed by atoms with E-state index >= 15 is 0 Å². The molecule has 20 heavy (non-hydrogen) atoms. The van der Waals surface area contributed by atoms with Crippen molar-refractivity contribution in [1.82, 2.24) is 19.9 Å². The van der Waals surface area contributed by atoms with E-state index in [-0.39, 0.29) is 11.8 Å². The third-order valence-electron chi connectivity index (χ3n) is 3.45. The highest BCUT2D eigenvalue weighted by Gasteiger charge is 2.20. The Morgan fingerprint density at radius 3 is 3.05 bits per heavy atom. The number of pyridine rings is 1. The van der Waals surface area contributed by atoms with Crippen LogP contribution in [0.2, 0.25) is 0 Å². The van der Waals surface area contributed by atoms with E-state index in [0.29, 0.717) is 0 Å². The van der Waals surface area contributed by atoms with Gasteiger partial charge in [0.2, 0.25) is 5.91 Å². The van der Waals surface area contributed by atoms with Crippen molar-refractivity contribution in [2.24, 2.45) is 5.92 Å². The Kier molecular flexibility index (Phi) is 3.73. The summed E-state index contributed by atoms with van der Waals surface area (Å²) in [5, 5.41) is 6.16. The standard InChI is InChI=1S/C14H17N5O/c20-14(11-2-1-5-15-8-11)18-12-3-4-13(17-9-12)19-7-6-16-10-19/h3-4,6-7,9-11,15H,1-2,5,8H2,(H,18,20). The summed E-state index contributed by atoms with van der Waals surface area (Å²) in [6.45, 7) is 1.76. The van der Waals surface area contributed by atoms with E-state index in [1.165, 1.54) is 0 Å². The summed E-state index contributed by atoms with van der Waals surface area (Å²) in [7, 11) is 0. The lowest BCUT2D eigenvalue weighted by atomic mass is 9.99. The number of hydrogen-bond acceptors (Lipinski definition) is 4. The number of amides is 1. The zero-order valence-corrected chi connectivity index (χ0v) is 11.1. The van der Waals surface area contributed by atoms with Crippen LogP contribution in [0.3, 0.4) is 0 Å². The molecule has 1 unspecified atom stereocenters. The minimum absolute atomic E-state index is 0.0528. The van der Waals surface area contributed by atoms with E-state index in [0.717, 1.165) is 37.4 Å². The maximum Gasteiger partial charge on any atom is 0.228 e. The Bertz CT molecular complexity index is 558. The minimum atomic E-state index is 0.0528. The smallest absolute Gasteiger partial charge is 0.228 e. The van der Waals surface area contributed by atoms with Gasteiger partial charge in [-0.2, -0.15) is 0 Å². The quantitative estimate of drug-likeness (QED) is 0.880. The van der Waals surface area contributed by atoms with E-state index < -0.39 is 0 Å². The van der Waals surface area contributed by atoms with Crippen molar-refractivity contribution in [2.75, 3.05) is 18.4 Å². The topological polar surface area (TPSA) is 71.8 Å². The van der Waals surface area contributed by atoms with Crippen molar-refractivity contribution in [3.05, 3.63) is 37.1 Å². The number of carbonyl (C=O) groups is 1. The van der Waals surface area contributed by atoms with Gasteiger partial charge in [-0.05, 0) is 31.5 Å². The lowest BCUT2D eigenvalue weighted by molar-refractivity contribution is -0.120. The van der Waals surface area contributed by atoms with Crippen molar-refractivity contribution in [3.63, 3.8) is 0 Å². The van der Waals surface area contributed by atoms with E-state index in [4.69, 9.17) is 0 Å². The van der Waals surface area contributed by atoms with Crippen molar-refractivity contribution >= 4 is 11.6 Å². The summed E-state index contributed by atoms with van der Waals surface area (Å²) < 4.78 is 1.82. The molecule has 0 saturated carbocycles. The maximum atomic E-state index is 12.1. The number of aromatic nitrogens is 3. The predicted octanol–water partition coefficient (Wildman–Crippen LogP) is 1.21. The predicted molar refractivity (Wildman–Crippen MR) is 75.6 cm³/mol. The van der Waals surface area contributed by atoms with E-state index in [1.807, 2.05) is 22.9 Å². The van der Waals surface area contributed by atoms with Crippen LogP contribution in [-0.2, 0) is 4.79 Å². The number of nitrogens with zero attached hydrogens (tertiary/aromatic N) is 3. The molecule has 3 rings (SSSR count). The van der Waals surface area contributed by atoms with Gasteiger partial charge in [0.05, 0.1) is 17.8 Å². The first-order valence-corrected chi connectivity index (χ1v) is 6.79. The summed E-state index contributed by atoms with van der Waals surface area (Å²) in [5.41, 5.74) is 0.726. The number of rotatable bonds is 3. The second-order valence-electron chi connectivity index (χ2n) is 4.91. The van der Waals surface area contributed by atoms with Gasteiger partial charge in [0, 0.05) is 18.9 Å². The fourth-order valence-corrected chi connectivity index (χ4v) is 2.33. The Labute approximate surface area is 117 Å². The summed E-state index contributed by atoms with van der Waals surface area (Å²) in [6.07, 6.45) is 8.88. The van der Waals surface area contributed by atoms with Crippen LogP contribution >= 0.6 is 0 Å². The Balaban J connectivity index is 1.64. The molecular formula is C14H17N5O. The number of piperidine rings is 1. The average Bonchev–Trinajstić information content (AvgIpc) is 3.03. The molecule has 2 aromatic rings. The van der Waals surface area contributed by atoms with Gasteiger partial charge in [-0.15, -0.1) is 0 Å². The first-order valence-electron chi connectivity index (χ1n) is 6.79. The molecule has 1 amide bonds. The first-order chi connectivity index (χ1) is 9.83. The summed E-state index contributed by atoms with van der Waals surface area (Å²) >= 11 is 0. The number of hydrogen-bond donors (Lipinski definition) is 2. The fourth-order valence-electron chi connectivity index (χ4n) is 2.33. The Morgan fingerprint density at radius 1 is 1.45 bits per heavy atom. The molecule has 1 aliphatic heterocycles. The van der Waals surface area contributed by atoms with Crippen LogP contribution in [0.4, 0.5) is 5.69 Å². The number of anilines is 1. The van der Waals surface area contributed by atoms with Gasteiger partial charge in [0.1, 0.15) is 12.1 Å². The molecule has 2 N–H and O–H groups in total. The lowest BCUT2D eigenvalue weighted by Gasteiger charge is -2.21. The van der Waals surface area contributed by atoms with Crippen molar-refractivity contribution < 1.29 is 4.79 Å². The number of nitrogens with one attached hydrogen (secondary N) is 2. The molecule has 1 aliphatic rings. The molecule has 104 valence electrons. The van der Waals surface area contributed by atoms with Crippen LogP contribution < -0.4 is 10.6 Å². The number of carbonyl (C=O) groups excluding carboxylic acids is 1. The van der Waals surface area contributed by atoms with E-state index in [2.05, 4.69) is 20.6 Å². The highest BCUT2D eigenvalue weighted by Crippen LogP contribution is 2.14. The van der Waals surface area contributed by atoms with Gasteiger partial charge in [0.25, 0.3) is 0 Å². The second kappa shape index (κ2) is 5.83. The average molecular weight is 271 g/mol. The van der Waals surface area contributed by atoms with Crippen LogP contribution in [0.5, 0.6) is 0 Å². The van der Waals surface area contributed by atoms with Crippen LogP contribution in [0, 0.1) is 5.92 Å². The normalized spacial score (nSPS) is 18.7. The van der Waals surface area contributed by atoms with Crippen LogP contribution in [0.15, 0.2) is 37.1 Å². The molecule has 6 heteroatoms. The SMILES string of the molecule is O=C(Nc1ccc(-n2ccnc2)nc1)C1CCCNC1. The van der Waals surface area contributed by atoms with Gasteiger partial charge < -0.3 is 10.6 Å². The summed E-state index contributed by atoms with van der Waals surface area (Å²) in [5.74, 6) is 0.895. The molecule has 0 bridgehead atoms. The minimum Gasteiger partial charge on any atom is -0.324 e. The van der Waals surface area contributed by atoms with Gasteiger partial charge in [-0.1, -0.05) is 0 Å². The van der Waals surface area contributed by atoms with Crippen LogP contribution in [-0.4, -0.2) is 33.5 Å². The molecule has 0 spiro atoms. The molecule has 0 aliphatic carbocycles. The van der Waals surface area contributed by atoms with E-state index in [9.17, 15) is 4.79 Å².